The highest BCUT2D eigenvalue weighted by Crippen LogP contribution is 2.38. The molecule has 1 aliphatic carbocycles. The molecule has 1 aromatic carbocycles. The third kappa shape index (κ3) is 2.22. The van der Waals surface area contributed by atoms with E-state index in [-0.39, 0.29) is 11.7 Å². The van der Waals surface area contributed by atoms with Crippen LogP contribution in [0.1, 0.15) is 24.4 Å². The highest BCUT2D eigenvalue weighted by Gasteiger charge is 2.28. The molecule has 6 nitrogen and oxygen atoms in total. The van der Waals surface area contributed by atoms with Crippen LogP contribution in [0.2, 0.25) is 0 Å². The van der Waals surface area contributed by atoms with Gasteiger partial charge in [0.15, 0.2) is 5.16 Å². The number of H-pyrrole nitrogens is 1. The smallest absolute Gasteiger partial charge is 0.344 e. The number of nitrogens with zero attached hydrogens (tertiary/aromatic N) is 3. The second-order valence-electron chi connectivity index (χ2n) is 4.38. The van der Waals surface area contributed by atoms with E-state index in [2.05, 4.69) is 16.3 Å². The molecule has 96 valence electrons. The van der Waals surface area contributed by atoms with E-state index >= 15 is 0 Å². The Hall–Kier alpha value is -2.20. The summed E-state index contributed by atoms with van der Waals surface area (Å²) in [6.07, 6.45) is 2.00. The van der Waals surface area contributed by atoms with Crippen LogP contribution in [-0.4, -0.2) is 14.8 Å². The molecule has 0 saturated heterocycles. The molecule has 0 bridgehead atoms. The van der Waals surface area contributed by atoms with Crippen LogP contribution in [0.25, 0.3) is 0 Å². The minimum absolute atomic E-state index is 0.194. The average Bonchev–Trinajstić information content (AvgIpc) is 3.17. The molecule has 1 fully saturated rings. The Morgan fingerprint density at radius 2 is 2.32 bits per heavy atom. The molecule has 0 atom stereocenters. The molecular formula is C12H11N5OS. The molecule has 3 N–H and O–H groups in total. The summed E-state index contributed by atoms with van der Waals surface area (Å²) in [7, 11) is 0. The summed E-state index contributed by atoms with van der Waals surface area (Å²) in [4.78, 5) is 12.4. The zero-order valence-corrected chi connectivity index (χ0v) is 10.8. The standard InChI is InChI=1S/C12H11N5OS/c13-6-7-1-4-9(14)10(5-7)19-12-16-15-11(18)17(12)8-2-3-8/h1,4-5,8H,2-3,14H2,(H,15,18). The first-order valence-corrected chi connectivity index (χ1v) is 6.65. The maximum atomic E-state index is 11.7. The van der Waals surface area contributed by atoms with Gasteiger partial charge < -0.3 is 5.73 Å². The summed E-state index contributed by atoms with van der Waals surface area (Å²) < 4.78 is 1.66. The van der Waals surface area contributed by atoms with Gasteiger partial charge in [-0.1, -0.05) is 0 Å². The van der Waals surface area contributed by atoms with Crippen molar-refractivity contribution in [2.24, 2.45) is 0 Å². The summed E-state index contributed by atoms with van der Waals surface area (Å²) in [6, 6.07) is 7.37. The average molecular weight is 273 g/mol. The summed E-state index contributed by atoms with van der Waals surface area (Å²) in [6.45, 7) is 0. The third-order valence-corrected chi connectivity index (χ3v) is 3.97. The van der Waals surface area contributed by atoms with Gasteiger partial charge in [-0.05, 0) is 42.8 Å². The van der Waals surface area contributed by atoms with Gasteiger partial charge in [-0.15, -0.1) is 5.10 Å². The van der Waals surface area contributed by atoms with E-state index in [1.807, 2.05) is 0 Å². The lowest BCUT2D eigenvalue weighted by Crippen LogP contribution is -2.16. The van der Waals surface area contributed by atoms with Crippen molar-refractivity contribution in [3.8, 4) is 6.07 Å². The van der Waals surface area contributed by atoms with Gasteiger partial charge in [0.2, 0.25) is 0 Å². The lowest BCUT2D eigenvalue weighted by Gasteiger charge is -2.06. The van der Waals surface area contributed by atoms with E-state index in [1.165, 1.54) is 11.8 Å². The molecule has 1 heterocycles. The number of nitrogens with two attached hydrogens (primary N) is 1. The first-order valence-electron chi connectivity index (χ1n) is 5.83. The van der Waals surface area contributed by atoms with Crippen LogP contribution in [0.15, 0.2) is 33.0 Å². The minimum atomic E-state index is -0.194. The zero-order valence-electron chi connectivity index (χ0n) is 9.96. The quantitative estimate of drug-likeness (QED) is 0.825. The van der Waals surface area contributed by atoms with Gasteiger partial charge in [0.1, 0.15) is 0 Å². The predicted octanol–water partition coefficient (Wildman–Crippen LogP) is 1.51. The molecule has 1 aromatic heterocycles. The van der Waals surface area contributed by atoms with Crippen LogP contribution in [0.4, 0.5) is 5.69 Å². The molecule has 7 heteroatoms. The number of nitrogens with one attached hydrogen (secondary N) is 1. The molecule has 19 heavy (non-hydrogen) atoms. The summed E-state index contributed by atoms with van der Waals surface area (Å²) >= 11 is 1.30. The lowest BCUT2D eigenvalue weighted by atomic mass is 10.2. The molecule has 0 radical (unpaired) electrons. The van der Waals surface area contributed by atoms with Crippen molar-refractivity contribution >= 4 is 17.4 Å². The maximum Gasteiger partial charge on any atom is 0.344 e. The number of hydrogen-bond donors (Lipinski definition) is 2. The van der Waals surface area contributed by atoms with Gasteiger partial charge in [0.25, 0.3) is 0 Å². The lowest BCUT2D eigenvalue weighted by molar-refractivity contribution is 0.642. The highest BCUT2D eigenvalue weighted by atomic mass is 32.2. The Labute approximate surface area is 113 Å². The van der Waals surface area contributed by atoms with E-state index in [4.69, 9.17) is 11.0 Å². The van der Waals surface area contributed by atoms with Crippen molar-refractivity contribution in [1.29, 1.82) is 5.26 Å². The summed E-state index contributed by atoms with van der Waals surface area (Å²) in [5.74, 6) is 0. The Morgan fingerprint density at radius 1 is 1.53 bits per heavy atom. The molecule has 1 saturated carbocycles. The van der Waals surface area contributed by atoms with Crippen LogP contribution >= 0.6 is 11.8 Å². The van der Waals surface area contributed by atoms with Gasteiger partial charge in [-0.3, -0.25) is 4.57 Å². The van der Waals surface area contributed by atoms with Crippen molar-refractivity contribution in [3.63, 3.8) is 0 Å². The van der Waals surface area contributed by atoms with E-state index in [9.17, 15) is 4.79 Å². The second kappa shape index (κ2) is 4.48. The van der Waals surface area contributed by atoms with Crippen molar-refractivity contribution in [2.75, 3.05) is 5.73 Å². The fourth-order valence-electron chi connectivity index (χ4n) is 1.81. The highest BCUT2D eigenvalue weighted by molar-refractivity contribution is 7.99. The van der Waals surface area contributed by atoms with E-state index in [0.717, 1.165) is 17.7 Å². The largest absolute Gasteiger partial charge is 0.398 e. The molecule has 3 rings (SSSR count). The fraction of sp³-hybridized carbons (Fsp3) is 0.250. The maximum absolute atomic E-state index is 11.7. The number of nitriles is 1. The number of anilines is 1. The normalized spacial score (nSPS) is 14.3. The van der Waals surface area contributed by atoms with Gasteiger partial charge in [-0.25, -0.2) is 9.89 Å². The molecule has 2 aromatic rings. The third-order valence-electron chi connectivity index (χ3n) is 2.93. The Morgan fingerprint density at radius 3 is 3.00 bits per heavy atom. The predicted molar refractivity (Wildman–Crippen MR) is 70.8 cm³/mol. The van der Waals surface area contributed by atoms with E-state index in [0.29, 0.717) is 16.4 Å². The van der Waals surface area contributed by atoms with Crippen LogP contribution in [0.5, 0.6) is 0 Å². The van der Waals surface area contributed by atoms with E-state index in [1.54, 1.807) is 22.8 Å². The number of benzene rings is 1. The van der Waals surface area contributed by atoms with Crippen LogP contribution in [0.3, 0.4) is 0 Å². The minimum Gasteiger partial charge on any atom is -0.398 e. The molecule has 0 spiro atoms. The Balaban J connectivity index is 1.98. The molecule has 1 aliphatic rings. The summed E-state index contributed by atoms with van der Waals surface area (Å²) in [5.41, 5.74) is 6.80. The van der Waals surface area contributed by atoms with Gasteiger partial charge in [0.05, 0.1) is 11.6 Å². The molecule has 0 amide bonds. The Kier molecular flexibility index (Phi) is 2.80. The number of aromatic nitrogens is 3. The molecule has 0 aliphatic heterocycles. The van der Waals surface area contributed by atoms with Crippen molar-refractivity contribution in [2.45, 2.75) is 28.9 Å². The van der Waals surface area contributed by atoms with Gasteiger partial charge >= 0.3 is 5.69 Å². The van der Waals surface area contributed by atoms with Crippen LogP contribution in [0, 0.1) is 11.3 Å². The first kappa shape index (κ1) is 11.9. The zero-order chi connectivity index (χ0) is 13.4. The number of aromatic amines is 1. The van der Waals surface area contributed by atoms with Crippen molar-refractivity contribution < 1.29 is 0 Å². The van der Waals surface area contributed by atoms with Gasteiger partial charge in [-0.2, -0.15) is 5.26 Å². The fourth-order valence-corrected chi connectivity index (χ4v) is 2.80. The second-order valence-corrected chi connectivity index (χ2v) is 5.39. The van der Waals surface area contributed by atoms with Crippen LogP contribution in [-0.2, 0) is 0 Å². The summed E-state index contributed by atoms with van der Waals surface area (Å²) in [5, 5.41) is 16.0. The number of nitrogen functional groups attached to an aromatic ring is 1. The SMILES string of the molecule is N#Cc1ccc(N)c(Sc2n[nH]c(=O)n2C2CC2)c1. The number of rotatable bonds is 3. The number of hydrogen-bond acceptors (Lipinski definition) is 5. The van der Waals surface area contributed by atoms with E-state index < -0.39 is 0 Å². The molecular weight excluding hydrogens is 262 g/mol. The molecule has 0 unspecified atom stereocenters. The van der Waals surface area contributed by atoms with Gasteiger partial charge in [0, 0.05) is 16.6 Å². The van der Waals surface area contributed by atoms with Crippen molar-refractivity contribution in [1.82, 2.24) is 14.8 Å². The Bertz CT molecular complexity index is 722. The topological polar surface area (TPSA) is 100 Å². The van der Waals surface area contributed by atoms with Crippen molar-refractivity contribution in [3.05, 3.63) is 34.2 Å². The monoisotopic (exact) mass is 273 g/mol. The first-order chi connectivity index (χ1) is 9.19. The van der Waals surface area contributed by atoms with Crippen LogP contribution < -0.4 is 11.4 Å².